The number of nitrogens with one attached hydrogen (secondary N) is 1. The van der Waals surface area contributed by atoms with Gasteiger partial charge in [0.2, 0.25) is 5.28 Å². The Balaban J connectivity index is 3.15. The third-order valence-corrected chi connectivity index (χ3v) is 1.50. The summed E-state index contributed by atoms with van der Waals surface area (Å²) in [5.41, 5.74) is -0.804. The van der Waals surface area contributed by atoms with E-state index < -0.39 is 23.7 Å². The van der Waals surface area contributed by atoms with Crippen molar-refractivity contribution in [1.82, 2.24) is 9.97 Å². The number of fused-ring (bicyclic) bond motifs is 1. The molecule has 1 N–H and O–H groups in total. The van der Waals surface area contributed by atoms with Crippen molar-refractivity contribution in [3.8, 4) is 0 Å². The number of hydrogen-bond donors (Lipinski definition) is 1. The summed E-state index contributed by atoms with van der Waals surface area (Å²) in [5.74, 6) is 0. The van der Waals surface area contributed by atoms with Crippen molar-refractivity contribution < 1.29 is 5.48 Å². The maximum Gasteiger partial charge on any atom is 0.259 e. The van der Waals surface area contributed by atoms with Crippen LogP contribution in [-0.4, -0.2) is 9.97 Å². The molecule has 0 spiro atoms. The molecule has 0 unspecified atom stereocenters. The first-order chi connectivity index (χ1) is 7.43. The molecule has 0 saturated carbocycles. The minimum atomic E-state index is -0.679. The molecule has 1 aromatic heterocycles. The van der Waals surface area contributed by atoms with Gasteiger partial charge in [0.1, 0.15) is 0 Å². The molecule has 0 aliphatic carbocycles. The molecule has 0 aliphatic heterocycles. The van der Waals surface area contributed by atoms with Crippen molar-refractivity contribution in [2.45, 2.75) is 0 Å². The number of para-hydroxylation sites is 1. The molecule has 2 rings (SSSR count). The van der Waals surface area contributed by atoms with E-state index in [4.69, 9.17) is 17.1 Å². The van der Waals surface area contributed by atoms with Crippen molar-refractivity contribution in [3.05, 3.63) is 39.8 Å². The number of H-pyrrole nitrogens is 1. The van der Waals surface area contributed by atoms with Crippen molar-refractivity contribution in [2.75, 3.05) is 0 Å². The lowest BCUT2D eigenvalue weighted by atomic mass is 10.2. The Bertz CT molecular complexity index is 655. The van der Waals surface area contributed by atoms with Crippen LogP contribution in [0.25, 0.3) is 10.9 Å². The monoisotopic (exact) mass is 184 g/mol. The summed E-state index contributed by atoms with van der Waals surface area (Å²) in [7, 11) is 0. The van der Waals surface area contributed by atoms with Crippen LogP contribution >= 0.6 is 11.6 Å². The standard InChI is InChI=1S/C8H5ClN2O/c9-8-10-6-4-2-1-3-5(6)7(12)11-8/h1-4H,(H,10,11,12)/i1D,2D,3D,4D. The number of halogens is 1. The van der Waals surface area contributed by atoms with Crippen LogP contribution < -0.4 is 5.56 Å². The normalized spacial score (nSPS) is 15.1. The number of rotatable bonds is 0. The largest absolute Gasteiger partial charge is 0.297 e. The quantitative estimate of drug-likeness (QED) is 0.632. The Morgan fingerprint density at radius 2 is 2.25 bits per heavy atom. The maximum atomic E-state index is 11.5. The maximum absolute atomic E-state index is 11.5. The summed E-state index contributed by atoms with van der Waals surface area (Å²) in [5, 5.41) is -0.391. The molecular weight excluding hydrogens is 176 g/mol. The van der Waals surface area contributed by atoms with Crippen molar-refractivity contribution in [3.63, 3.8) is 0 Å². The van der Waals surface area contributed by atoms with E-state index >= 15 is 0 Å². The van der Waals surface area contributed by atoms with Gasteiger partial charge in [-0.15, -0.1) is 0 Å². The van der Waals surface area contributed by atoms with Gasteiger partial charge in [-0.1, -0.05) is 12.1 Å². The van der Waals surface area contributed by atoms with E-state index in [9.17, 15) is 4.79 Å². The number of hydrogen-bond acceptors (Lipinski definition) is 2. The average Bonchev–Trinajstić information content (AvgIpc) is 2.22. The molecule has 12 heavy (non-hydrogen) atoms. The van der Waals surface area contributed by atoms with Gasteiger partial charge in [-0.2, -0.15) is 0 Å². The van der Waals surface area contributed by atoms with E-state index in [2.05, 4.69) is 9.97 Å². The molecule has 4 heteroatoms. The minimum absolute atomic E-state index is 0.125. The average molecular weight is 185 g/mol. The molecule has 1 heterocycles. The second kappa shape index (κ2) is 2.60. The van der Waals surface area contributed by atoms with E-state index in [1.807, 2.05) is 0 Å². The second-order valence-electron chi connectivity index (χ2n) is 2.08. The Morgan fingerprint density at radius 1 is 1.50 bits per heavy atom. The number of nitrogens with zero attached hydrogens (tertiary/aromatic N) is 1. The zero-order valence-corrected chi connectivity index (χ0v) is 6.49. The smallest absolute Gasteiger partial charge is 0.259 e. The lowest BCUT2D eigenvalue weighted by Gasteiger charge is -1.94. The molecule has 2 aromatic rings. The fraction of sp³-hybridized carbons (Fsp3) is 0. The third kappa shape index (κ3) is 1.08. The highest BCUT2D eigenvalue weighted by atomic mass is 35.5. The first-order valence-corrected chi connectivity index (χ1v) is 3.47. The fourth-order valence-electron chi connectivity index (χ4n) is 0.836. The fourth-order valence-corrected chi connectivity index (χ4v) is 1.01. The van der Waals surface area contributed by atoms with E-state index in [1.54, 1.807) is 0 Å². The van der Waals surface area contributed by atoms with Crippen LogP contribution in [-0.2, 0) is 0 Å². The SMILES string of the molecule is [2H]c1c([2H])c([2H])c2c(=O)[nH]c(Cl)nc2c1[2H]. The molecule has 0 amide bonds. The van der Waals surface area contributed by atoms with Crippen LogP contribution in [0.4, 0.5) is 0 Å². The molecular formula is C8H5ClN2O. The lowest BCUT2D eigenvalue weighted by molar-refractivity contribution is 1.17. The third-order valence-electron chi connectivity index (χ3n) is 1.32. The predicted molar refractivity (Wildman–Crippen MR) is 47.4 cm³/mol. The molecule has 0 aliphatic rings. The van der Waals surface area contributed by atoms with Gasteiger partial charge >= 0.3 is 0 Å². The van der Waals surface area contributed by atoms with Gasteiger partial charge < -0.3 is 0 Å². The van der Waals surface area contributed by atoms with Gasteiger partial charge in [0.05, 0.1) is 16.4 Å². The van der Waals surface area contributed by atoms with Gasteiger partial charge in [-0.25, -0.2) is 4.98 Å². The number of aromatic nitrogens is 2. The van der Waals surface area contributed by atoms with Crippen LogP contribution in [0.2, 0.25) is 5.28 Å². The Labute approximate surface area is 78.6 Å². The Kier molecular flexibility index (Phi) is 0.879. The second-order valence-corrected chi connectivity index (χ2v) is 2.44. The van der Waals surface area contributed by atoms with Crippen LogP contribution in [0.5, 0.6) is 0 Å². The van der Waals surface area contributed by atoms with Crippen molar-refractivity contribution in [1.29, 1.82) is 0 Å². The highest BCUT2D eigenvalue weighted by Crippen LogP contribution is 2.07. The van der Waals surface area contributed by atoms with Gasteiger partial charge in [0, 0.05) is 0 Å². The van der Waals surface area contributed by atoms with E-state index in [0.717, 1.165) is 0 Å². The van der Waals surface area contributed by atoms with E-state index in [-0.39, 0.29) is 22.2 Å². The first-order valence-electron chi connectivity index (χ1n) is 5.09. The highest BCUT2D eigenvalue weighted by Gasteiger charge is 1.99. The highest BCUT2D eigenvalue weighted by molar-refractivity contribution is 6.28. The molecule has 1 aromatic carbocycles. The van der Waals surface area contributed by atoms with Gasteiger partial charge in [0.15, 0.2) is 0 Å². The molecule has 0 bridgehead atoms. The predicted octanol–water partition coefficient (Wildman–Crippen LogP) is 1.58. The summed E-state index contributed by atoms with van der Waals surface area (Å²) in [6.45, 7) is 0. The summed E-state index contributed by atoms with van der Waals surface area (Å²) in [6.07, 6.45) is 0. The van der Waals surface area contributed by atoms with Crippen LogP contribution in [0, 0.1) is 0 Å². The molecule has 0 radical (unpaired) electrons. The number of aromatic amines is 1. The van der Waals surface area contributed by atoms with Crippen LogP contribution in [0.3, 0.4) is 0 Å². The minimum Gasteiger partial charge on any atom is -0.297 e. The van der Waals surface area contributed by atoms with Crippen LogP contribution in [0.1, 0.15) is 5.48 Å². The molecule has 0 atom stereocenters. The topological polar surface area (TPSA) is 45.8 Å². The van der Waals surface area contributed by atoms with E-state index in [0.29, 0.717) is 0 Å². The van der Waals surface area contributed by atoms with Crippen molar-refractivity contribution >= 4 is 22.5 Å². The van der Waals surface area contributed by atoms with E-state index in [1.165, 1.54) is 0 Å². The first kappa shape index (κ1) is 4.05. The molecule has 60 valence electrons. The summed E-state index contributed by atoms with van der Waals surface area (Å²) in [4.78, 5) is 17.4. The zero-order chi connectivity index (χ0) is 12.0. The lowest BCUT2D eigenvalue weighted by Crippen LogP contribution is -2.07. The Morgan fingerprint density at radius 3 is 3.08 bits per heavy atom. The summed E-state index contributed by atoms with van der Waals surface area (Å²) >= 11 is 5.52. The van der Waals surface area contributed by atoms with Gasteiger partial charge in [0.25, 0.3) is 5.56 Å². The van der Waals surface area contributed by atoms with Crippen LogP contribution in [0.15, 0.2) is 29.0 Å². The van der Waals surface area contributed by atoms with Crippen molar-refractivity contribution in [2.24, 2.45) is 0 Å². The summed E-state index contributed by atoms with van der Waals surface area (Å²) in [6, 6.07) is -1.69. The molecule has 3 nitrogen and oxygen atoms in total. The number of benzene rings is 1. The zero-order valence-electron chi connectivity index (χ0n) is 9.73. The molecule has 0 fully saturated rings. The Hall–Kier alpha value is -1.35. The summed E-state index contributed by atoms with van der Waals surface area (Å²) < 4.78 is 29.9. The van der Waals surface area contributed by atoms with Gasteiger partial charge in [-0.05, 0) is 23.7 Å². The van der Waals surface area contributed by atoms with Gasteiger partial charge in [-0.3, -0.25) is 9.78 Å². The molecule has 0 saturated heterocycles.